The lowest BCUT2D eigenvalue weighted by Gasteiger charge is -2.47. The van der Waals surface area contributed by atoms with E-state index < -0.39 is 0 Å². The second kappa shape index (κ2) is 8.74. The molecule has 0 bridgehead atoms. The van der Waals surface area contributed by atoms with Crippen molar-refractivity contribution >= 4 is 17.5 Å². The first-order valence-corrected chi connectivity index (χ1v) is 12.0. The molecule has 1 heterocycles. The van der Waals surface area contributed by atoms with E-state index in [2.05, 4.69) is 11.1 Å². The number of aliphatic imine (C=N–C) groups is 1. The summed E-state index contributed by atoms with van der Waals surface area (Å²) >= 11 is 6.42. The molecule has 1 aliphatic heterocycles. The summed E-state index contributed by atoms with van der Waals surface area (Å²) in [5.41, 5.74) is 1.82. The molecule has 1 unspecified atom stereocenters. The van der Waals surface area contributed by atoms with Gasteiger partial charge in [0.15, 0.2) is 0 Å². The van der Waals surface area contributed by atoms with Crippen molar-refractivity contribution in [2.75, 3.05) is 0 Å². The average molecular weight is 439 g/mol. The number of hydrogen-bond donors (Lipinski definition) is 0. The molecular weight excluding hydrogens is 410 g/mol. The Morgan fingerprint density at radius 2 is 1.90 bits per heavy atom. The fourth-order valence-electron chi connectivity index (χ4n) is 5.10. The van der Waals surface area contributed by atoms with E-state index in [1.807, 2.05) is 36.4 Å². The third-order valence-electron chi connectivity index (χ3n) is 6.98. The molecule has 5 rings (SSSR count). The summed E-state index contributed by atoms with van der Waals surface area (Å²) < 4.78 is 12.5. The van der Waals surface area contributed by atoms with Gasteiger partial charge in [0.2, 0.25) is 0 Å². The van der Waals surface area contributed by atoms with Gasteiger partial charge in [-0.25, -0.2) is 0 Å². The van der Waals surface area contributed by atoms with Gasteiger partial charge < -0.3 is 14.6 Å². The monoisotopic (exact) mass is 438 g/mol. The van der Waals surface area contributed by atoms with Crippen molar-refractivity contribution in [3.63, 3.8) is 0 Å². The average Bonchev–Trinajstić information content (AvgIpc) is 3.26. The summed E-state index contributed by atoms with van der Waals surface area (Å²) in [5, 5.41) is 13.5. The van der Waals surface area contributed by atoms with Gasteiger partial charge in [0.25, 0.3) is 0 Å². The highest BCUT2D eigenvalue weighted by molar-refractivity contribution is 6.32. The van der Waals surface area contributed by atoms with Gasteiger partial charge in [-0.1, -0.05) is 41.9 Å². The first kappa shape index (κ1) is 20.7. The van der Waals surface area contributed by atoms with Gasteiger partial charge in [-0.3, -0.25) is 4.99 Å². The molecule has 1 atom stereocenters. The quantitative estimate of drug-likeness (QED) is 0.423. The zero-order chi connectivity index (χ0) is 21.3. The Morgan fingerprint density at radius 1 is 1.10 bits per heavy atom. The largest absolute Gasteiger partial charge is 0.862 e. The molecule has 2 aliphatic carbocycles. The Morgan fingerprint density at radius 3 is 2.68 bits per heavy atom. The van der Waals surface area contributed by atoms with Crippen LogP contribution in [0.25, 0.3) is 0 Å². The summed E-state index contributed by atoms with van der Waals surface area (Å²) in [6, 6.07) is 13.7. The van der Waals surface area contributed by atoms with Gasteiger partial charge in [-0.2, -0.15) is 0 Å². The first-order chi connectivity index (χ1) is 15.1. The lowest BCUT2D eigenvalue weighted by Crippen LogP contribution is -2.47. The second-order valence-corrected chi connectivity index (χ2v) is 9.58. The molecule has 0 N–H and O–H groups in total. The minimum Gasteiger partial charge on any atom is -0.862 e. The SMILES string of the molecule is [O-]C(CCc1ccccc1OC1CCCC1)=NC1CC2(CCC2)Oc2c(Cl)cccc21. The fourth-order valence-corrected chi connectivity index (χ4v) is 5.32. The third-order valence-corrected chi connectivity index (χ3v) is 7.28. The molecular formula is C26H29ClNO3-. The first-order valence-electron chi connectivity index (χ1n) is 11.6. The summed E-state index contributed by atoms with van der Waals surface area (Å²) in [5.74, 6) is 1.56. The molecule has 5 heteroatoms. The van der Waals surface area contributed by atoms with Gasteiger partial charge in [0, 0.05) is 12.0 Å². The Kier molecular flexibility index (Phi) is 5.83. The molecule has 0 amide bonds. The van der Waals surface area contributed by atoms with Crippen LogP contribution in [0.5, 0.6) is 11.5 Å². The predicted octanol–water partition coefficient (Wildman–Crippen LogP) is 5.80. The van der Waals surface area contributed by atoms with Crippen molar-refractivity contribution in [2.24, 2.45) is 4.99 Å². The molecule has 31 heavy (non-hydrogen) atoms. The van der Waals surface area contributed by atoms with Crippen molar-refractivity contribution in [3.8, 4) is 11.5 Å². The van der Waals surface area contributed by atoms with Crippen molar-refractivity contribution in [1.29, 1.82) is 0 Å². The summed E-state index contributed by atoms with van der Waals surface area (Å²) in [4.78, 5) is 4.63. The van der Waals surface area contributed by atoms with Gasteiger partial charge in [0.1, 0.15) is 17.1 Å². The molecule has 0 saturated heterocycles. The molecule has 2 saturated carbocycles. The molecule has 0 radical (unpaired) electrons. The minimum atomic E-state index is -0.200. The van der Waals surface area contributed by atoms with Crippen LogP contribution in [-0.4, -0.2) is 17.6 Å². The number of ether oxygens (including phenoxy) is 2. The van der Waals surface area contributed by atoms with Crippen LogP contribution in [0.15, 0.2) is 47.5 Å². The Hall–Kier alpha value is -2.20. The third kappa shape index (κ3) is 4.41. The van der Waals surface area contributed by atoms with E-state index in [1.54, 1.807) is 0 Å². The molecule has 164 valence electrons. The van der Waals surface area contributed by atoms with E-state index in [9.17, 15) is 5.11 Å². The van der Waals surface area contributed by atoms with Gasteiger partial charge in [-0.05, 0) is 81.4 Å². The maximum absolute atomic E-state index is 12.9. The fraction of sp³-hybridized carbons (Fsp3) is 0.500. The summed E-state index contributed by atoms with van der Waals surface area (Å²) in [6.45, 7) is 0. The van der Waals surface area contributed by atoms with Gasteiger partial charge in [0.05, 0.1) is 17.2 Å². The van der Waals surface area contributed by atoms with Crippen LogP contribution in [-0.2, 0) is 6.42 Å². The summed E-state index contributed by atoms with van der Waals surface area (Å²) in [6.07, 6.45) is 9.96. The highest BCUT2D eigenvalue weighted by atomic mass is 35.5. The maximum Gasteiger partial charge on any atom is 0.144 e. The van der Waals surface area contributed by atoms with Crippen LogP contribution in [0.1, 0.15) is 75.0 Å². The number of rotatable bonds is 6. The lowest BCUT2D eigenvalue weighted by molar-refractivity contribution is -0.219. The van der Waals surface area contributed by atoms with E-state index in [4.69, 9.17) is 21.1 Å². The van der Waals surface area contributed by atoms with Crippen LogP contribution in [0.3, 0.4) is 0 Å². The van der Waals surface area contributed by atoms with E-state index >= 15 is 0 Å². The van der Waals surface area contributed by atoms with Crippen molar-refractivity contribution in [2.45, 2.75) is 82.0 Å². The van der Waals surface area contributed by atoms with Crippen molar-refractivity contribution < 1.29 is 14.6 Å². The van der Waals surface area contributed by atoms with E-state index in [1.165, 1.54) is 12.8 Å². The van der Waals surface area contributed by atoms with Gasteiger partial charge in [-0.15, -0.1) is 0 Å². The van der Waals surface area contributed by atoms with Crippen molar-refractivity contribution in [3.05, 3.63) is 58.6 Å². The van der Waals surface area contributed by atoms with Crippen LogP contribution in [0, 0.1) is 0 Å². The van der Waals surface area contributed by atoms with E-state index in [0.29, 0.717) is 29.7 Å². The zero-order valence-electron chi connectivity index (χ0n) is 17.8. The van der Waals surface area contributed by atoms with Crippen LogP contribution in [0.2, 0.25) is 5.02 Å². The predicted molar refractivity (Wildman–Crippen MR) is 121 cm³/mol. The van der Waals surface area contributed by atoms with Crippen molar-refractivity contribution in [1.82, 2.24) is 0 Å². The standard InChI is InChI=1S/C26H30ClNO3/c27-21-11-5-10-20-22(17-26(15-6-16-26)31-25(20)21)28-24(29)14-13-18-7-1-4-12-23(18)30-19-8-2-3-9-19/h1,4-5,7,10-12,19,22H,2-3,6,8-9,13-17H2,(H,28,29)/p-1. The molecule has 1 spiro atoms. The number of nitrogens with zero attached hydrogens (tertiary/aromatic N) is 1. The number of fused-ring (bicyclic) bond motifs is 1. The normalized spacial score (nSPS) is 22.6. The molecule has 0 aromatic heterocycles. The molecule has 2 aromatic rings. The number of benzene rings is 2. The molecule has 2 aromatic carbocycles. The number of halogens is 1. The van der Waals surface area contributed by atoms with Crippen LogP contribution in [0.4, 0.5) is 0 Å². The Balaban J connectivity index is 1.30. The minimum absolute atomic E-state index is 0.0667. The highest BCUT2D eigenvalue weighted by Gasteiger charge is 2.46. The zero-order valence-corrected chi connectivity index (χ0v) is 18.6. The second-order valence-electron chi connectivity index (χ2n) is 9.17. The molecule has 2 fully saturated rings. The highest BCUT2D eigenvalue weighted by Crippen LogP contribution is 2.52. The number of hydrogen-bond acceptors (Lipinski definition) is 4. The maximum atomic E-state index is 12.9. The molecule has 3 aliphatic rings. The Bertz CT molecular complexity index is 963. The Labute approximate surface area is 189 Å². The number of para-hydroxylation sites is 2. The lowest BCUT2D eigenvalue weighted by atomic mass is 9.73. The van der Waals surface area contributed by atoms with E-state index in [0.717, 1.165) is 55.4 Å². The van der Waals surface area contributed by atoms with E-state index in [-0.39, 0.29) is 17.5 Å². The molecule has 4 nitrogen and oxygen atoms in total. The summed E-state index contributed by atoms with van der Waals surface area (Å²) in [7, 11) is 0. The van der Waals surface area contributed by atoms with Crippen LogP contribution >= 0.6 is 11.6 Å². The van der Waals surface area contributed by atoms with Gasteiger partial charge >= 0.3 is 0 Å². The van der Waals surface area contributed by atoms with Crippen LogP contribution < -0.4 is 14.6 Å². The number of aryl methyl sites for hydroxylation is 1. The topological polar surface area (TPSA) is 53.9 Å². The smallest absolute Gasteiger partial charge is 0.144 e.